The van der Waals surface area contributed by atoms with E-state index in [2.05, 4.69) is 5.32 Å². The number of piperidine rings is 1. The molecule has 2 rings (SSSR count). The van der Waals surface area contributed by atoms with Gasteiger partial charge in [0.1, 0.15) is 0 Å². The highest BCUT2D eigenvalue weighted by molar-refractivity contribution is 7.92. The number of nitrogens with one attached hydrogen (secondary N) is 1. The molecule has 1 aliphatic rings. The van der Waals surface area contributed by atoms with Gasteiger partial charge in [-0.3, -0.25) is 0 Å². The van der Waals surface area contributed by atoms with Crippen molar-refractivity contribution < 1.29 is 8.42 Å². The van der Waals surface area contributed by atoms with Crippen molar-refractivity contribution in [2.45, 2.75) is 29.9 Å². The van der Waals surface area contributed by atoms with Crippen molar-refractivity contribution in [1.82, 2.24) is 5.32 Å². The topological polar surface area (TPSA) is 46.2 Å². The Morgan fingerprint density at radius 1 is 1.41 bits per heavy atom. The summed E-state index contributed by atoms with van der Waals surface area (Å²) >= 11 is 5.85. The third kappa shape index (κ3) is 2.64. The highest BCUT2D eigenvalue weighted by atomic mass is 35.5. The van der Waals surface area contributed by atoms with Crippen LogP contribution in [0.25, 0.3) is 0 Å². The van der Waals surface area contributed by atoms with Crippen molar-refractivity contribution in [3.63, 3.8) is 0 Å². The molecule has 1 heterocycles. The Hall–Kier alpha value is -0.580. The lowest BCUT2D eigenvalue weighted by molar-refractivity contribution is 0.496. The van der Waals surface area contributed by atoms with E-state index < -0.39 is 9.84 Å². The normalized spacial score (nSPS) is 21.4. The van der Waals surface area contributed by atoms with Crippen LogP contribution in [-0.2, 0) is 9.84 Å². The van der Waals surface area contributed by atoms with Gasteiger partial charge in [0, 0.05) is 11.6 Å². The van der Waals surface area contributed by atoms with E-state index in [1.807, 2.05) is 0 Å². The van der Waals surface area contributed by atoms with Gasteiger partial charge >= 0.3 is 0 Å². The fourth-order valence-electron chi connectivity index (χ4n) is 2.20. The van der Waals surface area contributed by atoms with Gasteiger partial charge in [0.25, 0.3) is 0 Å². The maximum atomic E-state index is 12.4. The molecule has 0 aromatic heterocycles. The Balaban J connectivity index is 2.37. The molecule has 1 atom stereocenters. The van der Waals surface area contributed by atoms with Crippen molar-refractivity contribution in [2.75, 3.05) is 13.1 Å². The second kappa shape index (κ2) is 4.96. The minimum Gasteiger partial charge on any atom is -0.315 e. The van der Waals surface area contributed by atoms with Crippen LogP contribution in [0.4, 0.5) is 0 Å². The molecule has 5 heteroatoms. The van der Waals surface area contributed by atoms with Crippen molar-refractivity contribution in [1.29, 1.82) is 0 Å². The van der Waals surface area contributed by atoms with E-state index in [0.717, 1.165) is 24.9 Å². The lowest BCUT2D eigenvalue weighted by atomic mass is 10.2. The summed E-state index contributed by atoms with van der Waals surface area (Å²) < 4.78 is 24.9. The molecule has 1 fully saturated rings. The molecule has 94 valence electrons. The number of hydrogen-bond donors (Lipinski definition) is 1. The SMILES string of the molecule is Cc1cc(Cl)ccc1S(=O)(=O)C1CCCNC1. The first-order chi connectivity index (χ1) is 8.01. The highest BCUT2D eigenvalue weighted by Gasteiger charge is 2.29. The minimum absolute atomic E-state index is 0.309. The summed E-state index contributed by atoms with van der Waals surface area (Å²) in [6.07, 6.45) is 1.65. The summed E-state index contributed by atoms with van der Waals surface area (Å²) in [7, 11) is -3.23. The van der Waals surface area contributed by atoms with Crippen LogP contribution >= 0.6 is 11.6 Å². The van der Waals surface area contributed by atoms with Crippen LogP contribution < -0.4 is 5.32 Å². The van der Waals surface area contributed by atoms with Gasteiger partial charge in [0.2, 0.25) is 0 Å². The Morgan fingerprint density at radius 2 is 2.18 bits per heavy atom. The number of hydrogen-bond acceptors (Lipinski definition) is 3. The van der Waals surface area contributed by atoms with E-state index >= 15 is 0 Å². The van der Waals surface area contributed by atoms with E-state index in [1.165, 1.54) is 0 Å². The molecular weight excluding hydrogens is 258 g/mol. The summed E-state index contributed by atoms with van der Waals surface area (Å²) in [6.45, 7) is 3.24. The molecule has 1 N–H and O–H groups in total. The zero-order valence-corrected chi connectivity index (χ0v) is 11.3. The molecule has 1 saturated heterocycles. The molecule has 0 spiro atoms. The van der Waals surface area contributed by atoms with E-state index in [1.54, 1.807) is 25.1 Å². The van der Waals surface area contributed by atoms with Crippen LogP contribution in [0.15, 0.2) is 23.1 Å². The molecule has 3 nitrogen and oxygen atoms in total. The summed E-state index contributed by atoms with van der Waals surface area (Å²) in [5, 5.41) is 3.40. The van der Waals surface area contributed by atoms with E-state index in [9.17, 15) is 8.42 Å². The van der Waals surface area contributed by atoms with Gasteiger partial charge in [0.15, 0.2) is 9.84 Å². The zero-order chi connectivity index (χ0) is 12.5. The highest BCUT2D eigenvalue weighted by Crippen LogP contribution is 2.25. The van der Waals surface area contributed by atoms with E-state index in [-0.39, 0.29) is 5.25 Å². The third-order valence-electron chi connectivity index (χ3n) is 3.13. The van der Waals surface area contributed by atoms with Crippen molar-refractivity contribution in [2.24, 2.45) is 0 Å². The van der Waals surface area contributed by atoms with Crippen molar-refractivity contribution in [3.05, 3.63) is 28.8 Å². The van der Waals surface area contributed by atoms with Crippen LogP contribution in [0.3, 0.4) is 0 Å². The monoisotopic (exact) mass is 273 g/mol. The molecule has 1 unspecified atom stereocenters. The maximum absolute atomic E-state index is 12.4. The van der Waals surface area contributed by atoms with E-state index in [4.69, 9.17) is 11.6 Å². The fourth-order valence-corrected chi connectivity index (χ4v) is 4.36. The lowest BCUT2D eigenvalue weighted by Crippen LogP contribution is -2.38. The number of aryl methyl sites for hydroxylation is 1. The van der Waals surface area contributed by atoms with Gasteiger partial charge in [-0.05, 0) is 50.1 Å². The van der Waals surface area contributed by atoms with E-state index in [0.29, 0.717) is 16.5 Å². The quantitative estimate of drug-likeness (QED) is 0.898. The van der Waals surface area contributed by atoms with Crippen LogP contribution in [0.1, 0.15) is 18.4 Å². The summed E-state index contributed by atoms with van der Waals surface area (Å²) in [5.41, 5.74) is 0.725. The second-order valence-electron chi connectivity index (χ2n) is 4.42. The largest absolute Gasteiger partial charge is 0.315 e. The summed E-state index contributed by atoms with van der Waals surface area (Å²) in [5.74, 6) is 0. The van der Waals surface area contributed by atoms with Gasteiger partial charge in [0.05, 0.1) is 10.1 Å². The van der Waals surface area contributed by atoms with Crippen molar-refractivity contribution >= 4 is 21.4 Å². The molecular formula is C12H16ClNO2S. The fraction of sp³-hybridized carbons (Fsp3) is 0.500. The first-order valence-electron chi connectivity index (χ1n) is 5.72. The van der Waals surface area contributed by atoms with Crippen LogP contribution in [0.5, 0.6) is 0 Å². The molecule has 0 amide bonds. The Bertz CT molecular complexity index is 507. The van der Waals surface area contributed by atoms with Gasteiger partial charge in [-0.2, -0.15) is 0 Å². The average molecular weight is 274 g/mol. The molecule has 0 radical (unpaired) electrons. The third-order valence-corrected chi connectivity index (χ3v) is 5.72. The minimum atomic E-state index is -3.23. The summed E-state index contributed by atoms with van der Waals surface area (Å²) in [4.78, 5) is 0.413. The Labute approximate surface area is 107 Å². The van der Waals surface area contributed by atoms with Crippen LogP contribution in [-0.4, -0.2) is 26.8 Å². The van der Waals surface area contributed by atoms with Gasteiger partial charge in [-0.1, -0.05) is 11.6 Å². The Kier molecular flexibility index (Phi) is 3.76. The molecule has 0 bridgehead atoms. The van der Waals surface area contributed by atoms with Gasteiger partial charge < -0.3 is 5.32 Å². The number of rotatable bonds is 2. The molecule has 0 aliphatic carbocycles. The van der Waals surface area contributed by atoms with Crippen LogP contribution in [0.2, 0.25) is 5.02 Å². The maximum Gasteiger partial charge on any atom is 0.182 e. The van der Waals surface area contributed by atoms with Crippen LogP contribution in [0, 0.1) is 6.92 Å². The predicted octanol–water partition coefficient (Wildman–Crippen LogP) is 2.17. The number of sulfone groups is 1. The van der Waals surface area contributed by atoms with Crippen molar-refractivity contribution in [3.8, 4) is 0 Å². The molecule has 0 saturated carbocycles. The van der Waals surface area contributed by atoms with Gasteiger partial charge in [-0.15, -0.1) is 0 Å². The Morgan fingerprint density at radius 3 is 2.76 bits per heavy atom. The molecule has 1 aliphatic heterocycles. The smallest absolute Gasteiger partial charge is 0.182 e. The number of halogens is 1. The predicted molar refractivity (Wildman–Crippen MR) is 69.3 cm³/mol. The first-order valence-corrected chi connectivity index (χ1v) is 7.65. The lowest BCUT2D eigenvalue weighted by Gasteiger charge is -2.23. The zero-order valence-electron chi connectivity index (χ0n) is 9.74. The first kappa shape index (κ1) is 12.9. The molecule has 1 aromatic carbocycles. The number of benzene rings is 1. The van der Waals surface area contributed by atoms with Gasteiger partial charge in [-0.25, -0.2) is 8.42 Å². The molecule has 17 heavy (non-hydrogen) atoms. The average Bonchev–Trinajstić information content (AvgIpc) is 2.29. The standard InChI is InChI=1S/C12H16ClNO2S/c1-9-7-10(13)4-5-12(9)17(15,16)11-3-2-6-14-8-11/h4-5,7,11,14H,2-3,6,8H2,1H3. The summed E-state index contributed by atoms with van der Waals surface area (Å²) in [6, 6.07) is 4.95. The second-order valence-corrected chi connectivity index (χ2v) is 7.06. The molecule has 1 aromatic rings.